The third-order valence-electron chi connectivity index (χ3n) is 4.76. The summed E-state index contributed by atoms with van der Waals surface area (Å²) < 4.78 is 2.35. The van der Waals surface area contributed by atoms with Crippen molar-refractivity contribution < 1.29 is 4.57 Å². The van der Waals surface area contributed by atoms with E-state index in [1.165, 1.54) is 37.8 Å². The molecule has 4 rings (SSSR count). The van der Waals surface area contributed by atoms with Crippen molar-refractivity contribution in [2.75, 3.05) is 11.4 Å². The normalized spacial score (nSPS) is 14.8. The Kier molecular flexibility index (Phi) is 4.56. The summed E-state index contributed by atoms with van der Waals surface area (Å²) in [4.78, 5) is 3.71. The van der Waals surface area contributed by atoms with Gasteiger partial charge in [-0.2, -0.15) is 4.57 Å². The zero-order valence-electron chi connectivity index (χ0n) is 15.3. The molecule has 0 fully saturated rings. The molecule has 1 aliphatic heterocycles. The van der Waals surface area contributed by atoms with Crippen molar-refractivity contribution in [3.05, 3.63) is 83.5 Å². The number of aryl methyl sites for hydroxylation is 1. The Hall–Kier alpha value is -2.52. The van der Waals surface area contributed by atoms with E-state index in [0.717, 1.165) is 13.1 Å². The molecule has 0 spiro atoms. The lowest BCUT2D eigenvalue weighted by Crippen LogP contribution is -2.37. The number of allylic oxidation sites excluding steroid dienone is 1. The van der Waals surface area contributed by atoms with Crippen LogP contribution in [-0.4, -0.2) is 6.54 Å². The van der Waals surface area contributed by atoms with Gasteiger partial charge in [0.2, 0.25) is 11.2 Å². The second-order valence-corrected chi connectivity index (χ2v) is 7.58. The van der Waals surface area contributed by atoms with Crippen LogP contribution in [0.2, 0.25) is 0 Å². The topological polar surface area (TPSA) is 7.12 Å². The molecule has 3 aromatic rings. The number of benzene rings is 2. The minimum Gasteiger partial charge on any atom is -0.335 e. The molecular formula is C23H23N2S+. The van der Waals surface area contributed by atoms with E-state index in [4.69, 9.17) is 0 Å². The predicted molar refractivity (Wildman–Crippen MR) is 112 cm³/mol. The van der Waals surface area contributed by atoms with Crippen molar-refractivity contribution in [3.8, 4) is 0 Å². The van der Waals surface area contributed by atoms with E-state index in [9.17, 15) is 0 Å². The Morgan fingerprint density at radius 1 is 1.12 bits per heavy atom. The van der Waals surface area contributed by atoms with Gasteiger partial charge in [0, 0.05) is 35.0 Å². The lowest BCUT2D eigenvalue weighted by molar-refractivity contribution is -0.662. The molecule has 2 aromatic carbocycles. The van der Waals surface area contributed by atoms with Gasteiger partial charge in [-0.15, -0.1) is 0 Å². The van der Waals surface area contributed by atoms with Crippen LogP contribution in [0.3, 0.4) is 0 Å². The average molecular weight is 360 g/mol. The van der Waals surface area contributed by atoms with Crippen LogP contribution in [0.1, 0.15) is 18.2 Å². The van der Waals surface area contributed by atoms with Crippen LogP contribution in [0.25, 0.3) is 17.0 Å². The van der Waals surface area contributed by atoms with E-state index in [2.05, 4.69) is 90.6 Å². The van der Waals surface area contributed by atoms with Gasteiger partial charge in [0.25, 0.3) is 0 Å². The fourth-order valence-corrected chi connectivity index (χ4v) is 4.68. The zero-order chi connectivity index (χ0) is 18.1. The summed E-state index contributed by atoms with van der Waals surface area (Å²) in [6.07, 6.45) is 4.28. The molecule has 130 valence electrons. The fraction of sp³-hybridized carbons (Fsp3) is 0.174. The van der Waals surface area contributed by atoms with Crippen molar-refractivity contribution in [2.24, 2.45) is 0 Å². The molecule has 0 aliphatic carbocycles. The van der Waals surface area contributed by atoms with Crippen LogP contribution in [0, 0.1) is 6.92 Å². The Morgan fingerprint density at radius 3 is 2.73 bits per heavy atom. The van der Waals surface area contributed by atoms with E-state index < -0.39 is 0 Å². The molecule has 0 amide bonds. The van der Waals surface area contributed by atoms with E-state index in [1.54, 1.807) is 0 Å². The fourth-order valence-electron chi connectivity index (χ4n) is 3.50. The molecule has 2 heterocycles. The van der Waals surface area contributed by atoms with Gasteiger partial charge in [0.05, 0.1) is 10.7 Å². The Balaban J connectivity index is 1.86. The molecule has 0 radical (unpaired) electrons. The van der Waals surface area contributed by atoms with Gasteiger partial charge in [0.15, 0.2) is 6.54 Å². The van der Waals surface area contributed by atoms with Gasteiger partial charge in [-0.05, 0) is 49.8 Å². The molecular weight excluding hydrogens is 336 g/mol. The first kappa shape index (κ1) is 16.9. The maximum absolute atomic E-state index is 3.96. The zero-order valence-corrected chi connectivity index (χ0v) is 16.1. The lowest BCUT2D eigenvalue weighted by atomic mass is 10.1. The molecule has 26 heavy (non-hydrogen) atoms. The maximum Gasteiger partial charge on any atom is 0.213 e. The molecule has 1 aromatic heterocycles. The molecule has 1 aliphatic rings. The number of fused-ring (bicyclic) bond motifs is 2. The van der Waals surface area contributed by atoms with Gasteiger partial charge in [-0.1, -0.05) is 36.5 Å². The number of rotatable bonds is 4. The quantitative estimate of drug-likeness (QED) is 0.445. The molecule has 2 nitrogen and oxygen atoms in total. The largest absolute Gasteiger partial charge is 0.335 e. The van der Waals surface area contributed by atoms with Crippen LogP contribution < -0.4 is 9.47 Å². The van der Waals surface area contributed by atoms with Gasteiger partial charge >= 0.3 is 0 Å². The molecule has 0 unspecified atom stereocenters. The third-order valence-corrected chi connectivity index (χ3v) is 5.87. The highest BCUT2D eigenvalue weighted by atomic mass is 32.2. The summed E-state index contributed by atoms with van der Waals surface area (Å²) in [6.45, 7) is 10.1. The van der Waals surface area contributed by atoms with Crippen LogP contribution in [0.15, 0.2) is 77.2 Å². The van der Waals surface area contributed by atoms with Crippen molar-refractivity contribution in [2.45, 2.75) is 25.3 Å². The first-order valence-electron chi connectivity index (χ1n) is 9.01. The third kappa shape index (κ3) is 2.93. The monoisotopic (exact) mass is 359 g/mol. The van der Waals surface area contributed by atoms with Gasteiger partial charge in [0.1, 0.15) is 0 Å². The first-order valence-corrected chi connectivity index (χ1v) is 9.83. The van der Waals surface area contributed by atoms with Gasteiger partial charge < -0.3 is 4.90 Å². The minimum absolute atomic E-state index is 0.795. The molecule has 0 saturated carbocycles. The maximum atomic E-state index is 3.96. The molecule has 0 saturated heterocycles. The number of hydrogen-bond acceptors (Lipinski definition) is 2. The summed E-state index contributed by atoms with van der Waals surface area (Å²) in [7, 11) is 0. The van der Waals surface area contributed by atoms with Crippen molar-refractivity contribution in [1.82, 2.24) is 0 Å². The van der Waals surface area contributed by atoms with E-state index in [1.807, 2.05) is 17.8 Å². The summed E-state index contributed by atoms with van der Waals surface area (Å²) in [5.74, 6) is 0. The number of para-hydroxylation sites is 1. The molecule has 0 bridgehead atoms. The number of pyridine rings is 1. The first-order chi connectivity index (χ1) is 12.7. The number of nitrogens with zero attached hydrogens (tertiary/aromatic N) is 2. The smallest absolute Gasteiger partial charge is 0.213 e. The van der Waals surface area contributed by atoms with Crippen molar-refractivity contribution >= 4 is 34.4 Å². The summed E-state index contributed by atoms with van der Waals surface area (Å²) in [5.41, 5.74) is 5.04. The van der Waals surface area contributed by atoms with Crippen LogP contribution in [0.4, 0.5) is 5.69 Å². The molecule has 0 N–H and O–H groups in total. The lowest BCUT2D eigenvalue weighted by Gasteiger charge is -2.17. The number of aromatic nitrogens is 1. The van der Waals surface area contributed by atoms with Crippen LogP contribution >= 0.6 is 11.8 Å². The standard InChI is InChI=1S/C23H23N2S/c1-4-14-25-19(13-12-18-11-10-17(3)15-21(18)25)16-23-24(5-2)20-8-6-7-9-22(20)26-23/h4,6-13,15-16H,1,5,14H2,2-3H3/q+1. The van der Waals surface area contributed by atoms with Gasteiger partial charge in [-0.25, -0.2) is 0 Å². The highest BCUT2D eigenvalue weighted by Crippen LogP contribution is 2.46. The second kappa shape index (κ2) is 7.00. The summed E-state index contributed by atoms with van der Waals surface area (Å²) in [5, 5.41) is 2.54. The van der Waals surface area contributed by atoms with Crippen molar-refractivity contribution in [3.63, 3.8) is 0 Å². The Bertz CT molecular complexity index is 1020. The molecule has 3 heteroatoms. The second-order valence-electron chi connectivity index (χ2n) is 6.52. The summed E-state index contributed by atoms with van der Waals surface area (Å²) in [6, 6.07) is 19.7. The van der Waals surface area contributed by atoms with E-state index >= 15 is 0 Å². The summed E-state index contributed by atoms with van der Waals surface area (Å²) >= 11 is 1.85. The number of thioether (sulfide) groups is 1. The van der Waals surface area contributed by atoms with Crippen LogP contribution in [0.5, 0.6) is 0 Å². The highest BCUT2D eigenvalue weighted by molar-refractivity contribution is 8.03. The number of hydrogen-bond donors (Lipinski definition) is 0. The molecule has 0 atom stereocenters. The average Bonchev–Trinajstić information content (AvgIpc) is 3.00. The minimum atomic E-state index is 0.795. The SMILES string of the molecule is C=CC[n+]1c(/C=C2\Sc3ccccc3N2CC)ccc2ccc(C)cc21. The van der Waals surface area contributed by atoms with Crippen molar-refractivity contribution in [1.29, 1.82) is 0 Å². The Morgan fingerprint density at radius 2 is 1.92 bits per heavy atom. The highest BCUT2D eigenvalue weighted by Gasteiger charge is 2.25. The Labute approximate surface area is 159 Å². The number of anilines is 1. The van der Waals surface area contributed by atoms with E-state index in [0.29, 0.717) is 0 Å². The van der Waals surface area contributed by atoms with Gasteiger partial charge in [-0.3, -0.25) is 0 Å². The van der Waals surface area contributed by atoms with Crippen LogP contribution in [-0.2, 0) is 6.54 Å². The predicted octanol–water partition coefficient (Wildman–Crippen LogP) is 5.55. The van der Waals surface area contributed by atoms with E-state index in [-0.39, 0.29) is 0 Å².